The monoisotopic (exact) mass is 482 g/mol. The van der Waals surface area contributed by atoms with Gasteiger partial charge in [-0.2, -0.15) is 0 Å². The van der Waals surface area contributed by atoms with Crippen LogP contribution in [-0.2, 0) is 11.2 Å². The van der Waals surface area contributed by atoms with Crippen molar-refractivity contribution < 1.29 is 4.79 Å². The summed E-state index contributed by atoms with van der Waals surface area (Å²) in [5, 5.41) is 8.95. The van der Waals surface area contributed by atoms with Crippen LogP contribution >= 0.6 is 11.6 Å². The van der Waals surface area contributed by atoms with E-state index in [1.165, 1.54) is 36.9 Å². The molecule has 1 amide bonds. The lowest BCUT2D eigenvalue weighted by Crippen LogP contribution is -2.48. The van der Waals surface area contributed by atoms with Crippen molar-refractivity contribution in [3.05, 3.63) is 57.9 Å². The molecule has 0 unspecified atom stereocenters. The van der Waals surface area contributed by atoms with Crippen molar-refractivity contribution in [2.24, 2.45) is 0 Å². The summed E-state index contributed by atoms with van der Waals surface area (Å²) in [6, 6.07) is 7.71. The first kappa shape index (κ1) is 23.1. The van der Waals surface area contributed by atoms with E-state index in [1.807, 2.05) is 4.90 Å². The summed E-state index contributed by atoms with van der Waals surface area (Å²) in [4.78, 5) is 30.3. The maximum atomic E-state index is 12.9. The number of halogens is 1. The van der Waals surface area contributed by atoms with Gasteiger partial charge in [0, 0.05) is 55.1 Å². The van der Waals surface area contributed by atoms with Crippen LogP contribution in [0.1, 0.15) is 50.8 Å². The molecular weight excluding hydrogens is 452 g/mol. The molecule has 2 aliphatic heterocycles. The van der Waals surface area contributed by atoms with Gasteiger partial charge in [-0.1, -0.05) is 18.0 Å². The molecule has 5 rings (SSSR count). The molecule has 0 bridgehead atoms. The number of benzene rings is 1. The second kappa shape index (κ2) is 10.3. The van der Waals surface area contributed by atoms with Gasteiger partial charge >= 0.3 is 5.56 Å². The fourth-order valence-electron chi connectivity index (χ4n) is 5.23. The number of hydrogen-bond acceptors (Lipinski definition) is 5. The van der Waals surface area contributed by atoms with E-state index in [4.69, 9.17) is 11.6 Å². The Morgan fingerprint density at radius 1 is 0.971 bits per heavy atom. The lowest BCUT2D eigenvalue weighted by molar-refractivity contribution is -0.132. The summed E-state index contributed by atoms with van der Waals surface area (Å²) < 4.78 is 3.25. The minimum Gasteiger partial charge on any atom is -0.343 e. The fourth-order valence-corrected chi connectivity index (χ4v) is 5.36. The van der Waals surface area contributed by atoms with Crippen molar-refractivity contribution in [1.29, 1.82) is 0 Å². The molecule has 0 radical (unpaired) electrons. The first-order valence-electron chi connectivity index (χ1n) is 12.3. The Morgan fingerprint density at radius 3 is 2.44 bits per heavy atom. The summed E-state index contributed by atoms with van der Waals surface area (Å²) in [5.74, 6) is 0.919. The molecule has 4 heterocycles. The van der Waals surface area contributed by atoms with E-state index in [9.17, 15) is 9.59 Å². The van der Waals surface area contributed by atoms with Crippen LogP contribution in [0.2, 0.25) is 5.02 Å². The van der Waals surface area contributed by atoms with Crippen molar-refractivity contribution in [3.63, 3.8) is 0 Å². The highest BCUT2D eigenvalue weighted by molar-refractivity contribution is 6.30. The summed E-state index contributed by atoms with van der Waals surface area (Å²) in [6.07, 6.45) is 11.4. The predicted molar refractivity (Wildman–Crippen MR) is 132 cm³/mol. The second-order valence-electron chi connectivity index (χ2n) is 9.32. The van der Waals surface area contributed by atoms with Gasteiger partial charge < -0.3 is 9.80 Å². The molecular formula is C25H31ClN6O2. The summed E-state index contributed by atoms with van der Waals surface area (Å²) in [5.41, 5.74) is 0.755. The first-order valence-corrected chi connectivity index (χ1v) is 12.7. The normalized spacial score (nSPS) is 18.0. The molecule has 0 aliphatic carbocycles. The molecule has 2 saturated heterocycles. The van der Waals surface area contributed by atoms with Gasteiger partial charge in [-0.25, -0.2) is 0 Å². The van der Waals surface area contributed by atoms with E-state index in [2.05, 4.69) is 15.1 Å². The number of carbonyl (C=O) groups is 1. The number of aryl methyl sites for hydroxylation is 1. The highest BCUT2D eigenvalue weighted by Gasteiger charge is 2.27. The molecule has 0 N–H and O–H groups in total. The standard InChI is InChI=1S/C25H31ClN6O2/c26-19-7-9-21(10-8-19)31-17-18-32-22(27-28-24(32)25(31)34)5-4-6-23(33)30-15-11-20(12-16-30)29-13-2-1-3-14-29/h7-10,17-18,20H,1-6,11-16H2. The largest absolute Gasteiger partial charge is 0.343 e. The van der Waals surface area contributed by atoms with Gasteiger partial charge in [0.1, 0.15) is 5.82 Å². The molecule has 9 heteroatoms. The van der Waals surface area contributed by atoms with Crippen molar-refractivity contribution in [1.82, 2.24) is 29.0 Å². The van der Waals surface area contributed by atoms with Gasteiger partial charge in [-0.15, -0.1) is 10.2 Å². The topological polar surface area (TPSA) is 75.7 Å². The number of hydrogen-bond donors (Lipinski definition) is 0. The van der Waals surface area contributed by atoms with Crippen molar-refractivity contribution in [2.45, 2.75) is 57.4 Å². The van der Waals surface area contributed by atoms with Crippen LogP contribution in [0, 0.1) is 0 Å². The van der Waals surface area contributed by atoms with Gasteiger partial charge in [0.15, 0.2) is 0 Å². The fraction of sp³-hybridized carbons (Fsp3) is 0.520. The number of likely N-dealkylation sites (tertiary alicyclic amines) is 2. The predicted octanol–water partition coefficient (Wildman–Crippen LogP) is 3.33. The number of rotatable bonds is 6. The number of nitrogens with zero attached hydrogens (tertiary/aromatic N) is 6. The summed E-state index contributed by atoms with van der Waals surface area (Å²) in [7, 11) is 0. The van der Waals surface area contributed by atoms with Crippen molar-refractivity contribution in [2.75, 3.05) is 26.2 Å². The molecule has 2 fully saturated rings. The van der Waals surface area contributed by atoms with Crippen LogP contribution in [0.25, 0.3) is 11.3 Å². The molecule has 3 aromatic rings. The zero-order chi connectivity index (χ0) is 23.5. The number of amides is 1. The maximum absolute atomic E-state index is 12.9. The smallest absolute Gasteiger partial charge is 0.300 e. The van der Waals surface area contributed by atoms with E-state index in [0.29, 0.717) is 36.2 Å². The molecule has 0 saturated carbocycles. The maximum Gasteiger partial charge on any atom is 0.300 e. The number of fused-ring (bicyclic) bond motifs is 1. The van der Waals surface area contributed by atoms with Gasteiger partial charge in [0.05, 0.1) is 0 Å². The molecule has 1 aromatic carbocycles. The highest BCUT2D eigenvalue weighted by Crippen LogP contribution is 2.21. The average Bonchev–Trinajstić information content (AvgIpc) is 3.29. The quantitative estimate of drug-likeness (QED) is 0.538. The Balaban J connectivity index is 1.16. The second-order valence-corrected chi connectivity index (χ2v) is 9.76. The summed E-state index contributed by atoms with van der Waals surface area (Å²) in [6.45, 7) is 4.15. The van der Waals surface area contributed by atoms with Gasteiger partial charge in [-0.3, -0.25) is 18.6 Å². The summed E-state index contributed by atoms with van der Waals surface area (Å²) >= 11 is 5.95. The third kappa shape index (κ3) is 4.88. The molecule has 0 spiro atoms. The molecule has 2 aliphatic rings. The lowest BCUT2D eigenvalue weighted by atomic mass is 9.99. The zero-order valence-electron chi connectivity index (χ0n) is 19.4. The van der Waals surface area contributed by atoms with Crippen LogP contribution in [0.4, 0.5) is 0 Å². The zero-order valence-corrected chi connectivity index (χ0v) is 20.2. The third-order valence-corrected chi connectivity index (χ3v) is 7.41. The minimum absolute atomic E-state index is 0.219. The highest BCUT2D eigenvalue weighted by atomic mass is 35.5. The van der Waals surface area contributed by atoms with Crippen LogP contribution in [0.15, 0.2) is 41.5 Å². The molecule has 0 atom stereocenters. The van der Waals surface area contributed by atoms with Gasteiger partial charge in [-0.05, 0) is 69.5 Å². The minimum atomic E-state index is -0.240. The Bertz CT molecular complexity index is 1190. The van der Waals surface area contributed by atoms with E-state index in [0.717, 1.165) is 31.6 Å². The van der Waals surface area contributed by atoms with Crippen LogP contribution in [-0.4, -0.2) is 67.1 Å². The third-order valence-electron chi connectivity index (χ3n) is 7.16. The van der Waals surface area contributed by atoms with E-state index >= 15 is 0 Å². The van der Waals surface area contributed by atoms with E-state index < -0.39 is 0 Å². The van der Waals surface area contributed by atoms with Crippen molar-refractivity contribution in [3.8, 4) is 5.69 Å². The van der Waals surface area contributed by atoms with Crippen LogP contribution in [0.5, 0.6) is 0 Å². The number of carbonyl (C=O) groups excluding carboxylic acids is 1. The molecule has 34 heavy (non-hydrogen) atoms. The van der Waals surface area contributed by atoms with Gasteiger partial charge in [0.2, 0.25) is 11.6 Å². The number of piperidine rings is 2. The Labute approximate surface area is 204 Å². The van der Waals surface area contributed by atoms with E-state index in [-0.39, 0.29) is 17.1 Å². The average molecular weight is 483 g/mol. The molecule has 8 nitrogen and oxygen atoms in total. The van der Waals surface area contributed by atoms with Crippen molar-refractivity contribution >= 4 is 23.2 Å². The van der Waals surface area contributed by atoms with E-state index in [1.54, 1.807) is 41.1 Å². The number of aromatic nitrogens is 4. The Kier molecular flexibility index (Phi) is 6.97. The molecule has 180 valence electrons. The first-order chi connectivity index (χ1) is 16.6. The SMILES string of the molecule is O=C(CCCc1nnc2c(=O)n(-c3ccc(Cl)cc3)ccn12)N1CCC(N2CCCCC2)CC1. The Morgan fingerprint density at radius 2 is 1.71 bits per heavy atom. The molecule has 2 aromatic heterocycles. The Hall–Kier alpha value is -2.71. The van der Waals surface area contributed by atoms with Crippen LogP contribution < -0.4 is 5.56 Å². The van der Waals surface area contributed by atoms with Gasteiger partial charge in [0.25, 0.3) is 0 Å². The van der Waals surface area contributed by atoms with Crippen LogP contribution in [0.3, 0.4) is 0 Å². The lowest BCUT2D eigenvalue weighted by Gasteiger charge is -2.40.